The average Bonchev–Trinajstić information content (AvgIpc) is 3.18. The van der Waals surface area contributed by atoms with E-state index in [4.69, 9.17) is 4.74 Å². The molecular weight excluding hydrogens is 478 g/mol. The number of hydrogen-bond donors (Lipinski definition) is 2. The Kier molecular flexibility index (Phi) is 6.90. The third kappa shape index (κ3) is 4.22. The lowest BCUT2D eigenvalue weighted by Gasteiger charge is -2.28. The van der Waals surface area contributed by atoms with Crippen molar-refractivity contribution in [2.24, 2.45) is 0 Å². The number of nitrogens with zero attached hydrogens (tertiary/aromatic N) is 1. The second kappa shape index (κ2) is 9.30. The number of carbonyl (C=O) groups is 3. The topological polar surface area (TPSA) is 107 Å². The van der Waals surface area contributed by atoms with Crippen LogP contribution in [0.4, 0.5) is 0 Å². The number of H-pyrrole nitrogens is 1. The van der Waals surface area contributed by atoms with Crippen molar-refractivity contribution >= 4 is 39.3 Å². The molecule has 1 aromatic carbocycles. The second-order valence-corrected chi connectivity index (χ2v) is 9.02. The van der Waals surface area contributed by atoms with Crippen LogP contribution in [0.2, 0.25) is 0 Å². The maximum atomic E-state index is 13.7. The smallest absolute Gasteiger partial charge is 0.354 e. The van der Waals surface area contributed by atoms with Crippen molar-refractivity contribution < 1.29 is 29.1 Å². The zero-order valence-corrected chi connectivity index (χ0v) is 20.3. The van der Waals surface area contributed by atoms with Gasteiger partial charge in [0.1, 0.15) is 5.69 Å². The summed E-state index contributed by atoms with van der Waals surface area (Å²) in [5.41, 5.74) is 1.73. The minimum atomic E-state index is -0.812. The van der Waals surface area contributed by atoms with Gasteiger partial charge in [0.2, 0.25) is 5.78 Å². The Bertz CT molecular complexity index is 1120. The van der Waals surface area contributed by atoms with Gasteiger partial charge in [-0.3, -0.25) is 9.59 Å². The Morgan fingerprint density at radius 2 is 1.97 bits per heavy atom. The lowest BCUT2D eigenvalue weighted by molar-refractivity contribution is -0.857. The predicted octanol–water partition coefficient (Wildman–Crippen LogP) is 0.549. The Morgan fingerprint density at radius 1 is 1.28 bits per heavy atom. The van der Waals surface area contributed by atoms with Gasteiger partial charge in [0, 0.05) is 15.7 Å². The van der Waals surface area contributed by atoms with Crippen molar-refractivity contribution in [3.05, 3.63) is 62.4 Å². The number of aryl methyl sites for hydroxylation is 1. The largest absolute Gasteiger partial charge is 0.872 e. The van der Waals surface area contributed by atoms with Crippen molar-refractivity contribution in [2.45, 2.75) is 19.9 Å². The van der Waals surface area contributed by atoms with E-state index in [2.05, 4.69) is 20.9 Å². The lowest BCUT2D eigenvalue weighted by atomic mass is 9.94. The van der Waals surface area contributed by atoms with Crippen LogP contribution < -0.4 is 10.0 Å². The van der Waals surface area contributed by atoms with Crippen LogP contribution in [0.15, 0.2) is 34.3 Å². The Hall–Kier alpha value is -2.91. The number of rotatable bonds is 6. The fourth-order valence-corrected chi connectivity index (χ4v) is 4.42. The molecule has 1 fully saturated rings. The molecule has 170 valence electrons. The maximum absolute atomic E-state index is 13.7. The minimum absolute atomic E-state index is 0.108. The highest BCUT2D eigenvalue weighted by molar-refractivity contribution is 9.10. The second-order valence-electron chi connectivity index (χ2n) is 8.10. The SMILES string of the molecule is COC(=O)c1[nH]c(C)c(C([O-])=C2C(=O)C(=O)N(CC[NH+](C)C)C2c2cccc(Br)c2)c1C. The fraction of sp³-hybridized carbons (Fsp3) is 0.348. The van der Waals surface area contributed by atoms with Gasteiger partial charge in [-0.15, -0.1) is 0 Å². The van der Waals surface area contributed by atoms with Gasteiger partial charge in [0.15, 0.2) is 0 Å². The van der Waals surface area contributed by atoms with E-state index in [0.717, 1.165) is 9.37 Å². The normalized spacial score (nSPS) is 18.0. The van der Waals surface area contributed by atoms with E-state index in [1.54, 1.807) is 32.0 Å². The molecule has 3 rings (SSSR count). The van der Waals surface area contributed by atoms with Crippen LogP contribution in [-0.4, -0.2) is 61.8 Å². The number of benzene rings is 1. The van der Waals surface area contributed by atoms with Gasteiger partial charge in [0.05, 0.1) is 40.3 Å². The van der Waals surface area contributed by atoms with Crippen molar-refractivity contribution in [2.75, 3.05) is 34.3 Å². The number of likely N-dealkylation sites (N-methyl/N-ethyl adjacent to an activating group) is 1. The summed E-state index contributed by atoms with van der Waals surface area (Å²) in [6.07, 6.45) is 0. The number of nitrogens with one attached hydrogen (secondary N) is 2. The van der Waals surface area contributed by atoms with E-state index >= 15 is 0 Å². The number of ketones is 1. The molecule has 2 heterocycles. The summed E-state index contributed by atoms with van der Waals surface area (Å²) in [4.78, 5) is 43.6. The van der Waals surface area contributed by atoms with Crippen molar-refractivity contribution in [3.8, 4) is 0 Å². The molecule has 0 radical (unpaired) electrons. The number of hydrogen-bond acceptors (Lipinski definition) is 5. The predicted molar refractivity (Wildman–Crippen MR) is 120 cm³/mol. The average molecular weight is 504 g/mol. The van der Waals surface area contributed by atoms with Crippen LogP contribution >= 0.6 is 15.9 Å². The molecule has 2 aromatic rings. The quantitative estimate of drug-likeness (QED) is 0.259. The number of quaternary nitrogens is 1. The lowest BCUT2D eigenvalue weighted by Crippen LogP contribution is -3.06. The van der Waals surface area contributed by atoms with Gasteiger partial charge in [-0.2, -0.15) is 0 Å². The van der Waals surface area contributed by atoms with E-state index in [-0.39, 0.29) is 16.8 Å². The molecule has 1 aromatic heterocycles. The number of methoxy groups -OCH3 is 1. The first-order chi connectivity index (χ1) is 15.1. The van der Waals surface area contributed by atoms with Crippen molar-refractivity contribution in [1.82, 2.24) is 9.88 Å². The fourth-order valence-electron chi connectivity index (χ4n) is 4.00. The van der Waals surface area contributed by atoms with Gasteiger partial charge < -0.3 is 24.6 Å². The molecule has 1 atom stereocenters. The summed E-state index contributed by atoms with van der Waals surface area (Å²) in [5, 5.41) is 13.7. The summed E-state index contributed by atoms with van der Waals surface area (Å²) in [7, 11) is 5.15. The standard InChI is InChI=1S/C23H26BrN3O5/c1-12-16(13(2)25-18(12)23(31)32-5)20(28)17-19(14-7-6-8-15(24)11-14)27(10-9-26(3)4)22(30)21(17)29/h6-8,11,19,25,28H,9-10H2,1-5H3. The highest BCUT2D eigenvalue weighted by atomic mass is 79.9. The number of Topliss-reactive ketones (excluding diaryl/α,β-unsaturated/α-hetero) is 1. The number of aromatic amines is 1. The third-order valence-electron chi connectivity index (χ3n) is 5.60. The molecule has 0 aliphatic carbocycles. The van der Waals surface area contributed by atoms with E-state index in [1.807, 2.05) is 20.2 Å². The van der Waals surface area contributed by atoms with Crippen LogP contribution in [0, 0.1) is 13.8 Å². The van der Waals surface area contributed by atoms with Crippen molar-refractivity contribution in [3.63, 3.8) is 0 Å². The molecule has 1 aliphatic rings. The summed E-state index contributed by atoms with van der Waals surface area (Å²) in [6, 6.07) is 6.42. The van der Waals surface area contributed by atoms with Gasteiger partial charge >= 0.3 is 5.97 Å². The number of ether oxygens (including phenoxy) is 1. The summed E-state index contributed by atoms with van der Waals surface area (Å²) in [5.74, 6) is -2.68. The molecule has 1 unspecified atom stereocenters. The number of esters is 1. The van der Waals surface area contributed by atoms with Gasteiger partial charge in [-0.25, -0.2) is 4.79 Å². The molecule has 2 N–H and O–H groups in total. The zero-order valence-electron chi connectivity index (χ0n) is 18.7. The monoisotopic (exact) mass is 503 g/mol. The van der Waals surface area contributed by atoms with Crippen LogP contribution in [0.5, 0.6) is 0 Å². The van der Waals surface area contributed by atoms with Gasteiger partial charge in [-0.05, 0) is 42.7 Å². The summed E-state index contributed by atoms with van der Waals surface area (Å²) in [6.45, 7) is 4.20. The number of carbonyl (C=O) groups excluding carboxylic acids is 3. The molecular formula is C23H26BrN3O5. The van der Waals surface area contributed by atoms with Crippen LogP contribution in [0.25, 0.3) is 5.76 Å². The van der Waals surface area contributed by atoms with Crippen molar-refractivity contribution in [1.29, 1.82) is 0 Å². The molecule has 32 heavy (non-hydrogen) atoms. The molecule has 0 spiro atoms. The van der Waals surface area contributed by atoms with E-state index in [1.165, 1.54) is 12.0 Å². The Labute approximate surface area is 195 Å². The minimum Gasteiger partial charge on any atom is -0.872 e. The highest BCUT2D eigenvalue weighted by Gasteiger charge is 2.44. The van der Waals surface area contributed by atoms with E-state index in [0.29, 0.717) is 29.9 Å². The van der Waals surface area contributed by atoms with Crippen LogP contribution in [0.3, 0.4) is 0 Å². The molecule has 9 heteroatoms. The molecule has 1 amide bonds. The van der Waals surface area contributed by atoms with Crippen LogP contribution in [-0.2, 0) is 14.3 Å². The zero-order chi connectivity index (χ0) is 23.7. The molecule has 0 saturated carbocycles. The van der Waals surface area contributed by atoms with Crippen LogP contribution in [0.1, 0.15) is 38.9 Å². The molecule has 0 bridgehead atoms. The van der Waals surface area contributed by atoms with E-state index in [9.17, 15) is 19.5 Å². The first kappa shape index (κ1) is 23.7. The third-order valence-corrected chi connectivity index (χ3v) is 6.09. The number of halogens is 1. The molecule has 8 nitrogen and oxygen atoms in total. The summed E-state index contributed by atoms with van der Waals surface area (Å²) < 4.78 is 5.55. The number of aromatic nitrogens is 1. The Morgan fingerprint density at radius 3 is 2.56 bits per heavy atom. The van der Waals surface area contributed by atoms with E-state index < -0.39 is 29.5 Å². The van der Waals surface area contributed by atoms with Gasteiger partial charge in [-0.1, -0.05) is 33.8 Å². The highest BCUT2D eigenvalue weighted by Crippen LogP contribution is 2.40. The first-order valence-corrected chi connectivity index (χ1v) is 11.0. The maximum Gasteiger partial charge on any atom is 0.354 e. The Balaban J connectivity index is 2.23. The van der Waals surface area contributed by atoms with Gasteiger partial charge in [0.25, 0.3) is 5.91 Å². The first-order valence-electron chi connectivity index (χ1n) is 10.2. The number of amides is 1. The molecule has 1 saturated heterocycles. The molecule has 1 aliphatic heterocycles. The number of likely N-dealkylation sites (tertiary alicyclic amines) is 1. The summed E-state index contributed by atoms with van der Waals surface area (Å²) >= 11 is 3.43.